The Hall–Kier alpha value is -3.98. The van der Waals surface area contributed by atoms with Gasteiger partial charge in [-0.2, -0.15) is 10.1 Å². The van der Waals surface area contributed by atoms with Crippen LogP contribution < -0.4 is 10.1 Å². The number of thioether (sulfide) groups is 1. The van der Waals surface area contributed by atoms with Crippen molar-refractivity contribution in [3.8, 4) is 5.75 Å². The maximum Gasteiger partial charge on any atom is 0.262 e. The lowest BCUT2D eigenvalue weighted by molar-refractivity contribution is -0.121. The van der Waals surface area contributed by atoms with E-state index >= 15 is 0 Å². The number of anilines is 1. The molecule has 0 aliphatic carbocycles. The predicted molar refractivity (Wildman–Crippen MR) is 143 cm³/mol. The number of amidine groups is 1. The number of nitrogens with zero attached hydrogens (tertiary/aromatic N) is 3. The van der Waals surface area contributed by atoms with Crippen LogP contribution in [0.25, 0.3) is 0 Å². The van der Waals surface area contributed by atoms with Gasteiger partial charge in [0.15, 0.2) is 5.17 Å². The standard InChI is InChI=1S/C28H25FN4O3S/c1-17-3-5-18(6-4-17)23-15-24(19-7-13-22(36-2)14-8-19)33(32-23)28-31-27(35)25(37-28)16-26(34)30-21-11-9-20(29)10-12-21/h3-14,24-25H,15-16H2,1-2H3,(H,30,34)/t24-,25-/m1/s1. The number of amides is 2. The first-order chi connectivity index (χ1) is 17.9. The highest BCUT2D eigenvalue weighted by molar-refractivity contribution is 8.15. The summed E-state index contributed by atoms with van der Waals surface area (Å²) in [5.41, 5.74) is 4.55. The molecule has 9 heteroatoms. The number of aryl methyl sites for hydroxylation is 1. The lowest BCUT2D eigenvalue weighted by atomic mass is 9.98. The van der Waals surface area contributed by atoms with Crippen molar-refractivity contribution < 1.29 is 18.7 Å². The molecule has 0 fully saturated rings. The summed E-state index contributed by atoms with van der Waals surface area (Å²) in [6, 6.07) is 21.3. The molecule has 2 atom stereocenters. The average Bonchev–Trinajstić information content (AvgIpc) is 3.50. The van der Waals surface area contributed by atoms with Crippen molar-refractivity contribution >= 4 is 40.1 Å². The van der Waals surface area contributed by atoms with Gasteiger partial charge in [-0.25, -0.2) is 9.40 Å². The van der Waals surface area contributed by atoms with Crippen LogP contribution in [0, 0.1) is 12.7 Å². The lowest BCUT2D eigenvalue weighted by Crippen LogP contribution is -2.25. The smallest absolute Gasteiger partial charge is 0.262 e. The fourth-order valence-electron chi connectivity index (χ4n) is 4.21. The molecule has 188 valence electrons. The van der Waals surface area contributed by atoms with E-state index in [9.17, 15) is 14.0 Å². The number of methoxy groups -OCH3 is 1. The first kappa shape index (κ1) is 24.7. The Balaban J connectivity index is 1.35. The van der Waals surface area contributed by atoms with Crippen LogP contribution in [-0.2, 0) is 9.59 Å². The van der Waals surface area contributed by atoms with E-state index < -0.39 is 5.25 Å². The van der Waals surface area contributed by atoms with Crippen LogP contribution >= 0.6 is 11.8 Å². The Morgan fingerprint density at radius 3 is 2.46 bits per heavy atom. The Kier molecular flexibility index (Phi) is 7.05. The van der Waals surface area contributed by atoms with E-state index in [0.29, 0.717) is 17.3 Å². The quantitative estimate of drug-likeness (QED) is 0.480. The number of carbonyl (C=O) groups excluding carboxylic acids is 2. The minimum atomic E-state index is -0.661. The first-order valence-electron chi connectivity index (χ1n) is 11.8. The Bertz CT molecular complexity index is 1370. The summed E-state index contributed by atoms with van der Waals surface area (Å²) in [6.07, 6.45) is 0.586. The van der Waals surface area contributed by atoms with Crippen molar-refractivity contribution in [3.05, 3.63) is 95.3 Å². The molecule has 37 heavy (non-hydrogen) atoms. The van der Waals surface area contributed by atoms with Crippen LogP contribution in [0.1, 0.15) is 35.6 Å². The third kappa shape index (κ3) is 5.56. The van der Waals surface area contributed by atoms with Gasteiger partial charge in [-0.1, -0.05) is 53.7 Å². The van der Waals surface area contributed by atoms with Crippen LogP contribution in [0.3, 0.4) is 0 Å². The van der Waals surface area contributed by atoms with Crippen LogP contribution in [0.4, 0.5) is 10.1 Å². The van der Waals surface area contributed by atoms with Crippen LogP contribution in [-0.4, -0.2) is 40.1 Å². The zero-order valence-electron chi connectivity index (χ0n) is 20.3. The van der Waals surface area contributed by atoms with E-state index in [-0.39, 0.29) is 30.1 Å². The number of halogens is 1. The molecule has 0 saturated carbocycles. The summed E-state index contributed by atoms with van der Waals surface area (Å²) in [5, 5.41) is 9.17. The number of benzene rings is 3. The number of hydrazone groups is 1. The second-order valence-electron chi connectivity index (χ2n) is 8.85. The highest BCUT2D eigenvalue weighted by atomic mass is 32.2. The Morgan fingerprint density at radius 2 is 1.78 bits per heavy atom. The Labute approximate surface area is 218 Å². The lowest BCUT2D eigenvalue weighted by Gasteiger charge is -2.23. The number of nitrogens with one attached hydrogen (secondary N) is 1. The second kappa shape index (κ2) is 10.6. The van der Waals surface area contributed by atoms with Crippen molar-refractivity contribution in [1.29, 1.82) is 0 Å². The number of ether oxygens (including phenoxy) is 1. The van der Waals surface area contributed by atoms with Gasteiger partial charge in [0.2, 0.25) is 5.91 Å². The Morgan fingerprint density at radius 1 is 1.08 bits per heavy atom. The minimum absolute atomic E-state index is 0.0521. The van der Waals surface area contributed by atoms with E-state index in [4.69, 9.17) is 9.84 Å². The van der Waals surface area contributed by atoms with Gasteiger partial charge in [0.05, 0.1) is 18.9 Å². The van der Waals surface area contributed by atoms with Gasteiger partial charge in [-0.3, -0.25) is 9.59 Å². The van der Waals surface area contributed by atoms with Crippen LogP contribution in [0.5, 0.6) is 5.75 Å². The molecule has 2 aliphatic rings. The normalized spacial score (nSPS) is 19.0. The zero-order valence-corrected chi connectivity index (χ0v) is 21.2. The van der Waals surface area contributed by atoms with Crippen LogP contribution in [0.2, 0.25) is 0 Å². The minimum Gasteiger partial charge on any atom is -0.497 e. The zero-order chi connectivity index (χ0) is 25.9. The van der Waals surface area contributed by atoms with Crippen LogP contribution in [0.15, 0.2) is 82.9 Å². The monoisotopic (exact) mass is 516 g/mol. The molecule has 0 spiro atoms. The fraction of sp³-hybridized carbons (Fsp3) is 0.214. The maximum absolute atomic E-state index is 13.1. The third-order valence-corrected chi connectivity index (χ3v) is 7.36. The average molecular weight is 517 g/mol. The van der Waals surface area contributed by atoms with E-state index in [2.05, 4.69) is 10.3 Å². The summed E-state index contributed by atoms with van der Waals surface area (Å²) < 4.78 is 18.4. The summed E-state index contributed by atoms with van der Waals surface area (Å²) in [6.45, 7) is 2.04. The number of carbonyl (C=O) groups is 2. The van der Waals surface area contributed by atoms with Gasteiger partial charge >= 0.3 is 0 Å². The highest BCUT2D eigenvalue weighted by Crippen LogP contribution is 2.39. The molecular formula is C28H25FN4O3S. The molecule has 3 aromatic carbocycles. The van der Waals surface area contributed by atoms with Crippen molar-refractivity contribution in [2.75, 3.05) is 12.4 Å². The van der Waals surface area contributed by atoms with Gasteiger partial charge in [-0.15, -0.1) is 0 Å². The SMILES string of the molecule is COc1ccc([C@H]2CC(c3ccc(C)cc3)=NN2C2=NC(=O)[C@@H](CC(=O)Nc3ccc(F)cc3)S2)cc1. The number of aliphatic imine (C=N–C) groups is 1. The first-order valence-corrected chi connectivity index (χ1v) is 12.7. The molecule has 0 saturated heterocycles. The molecule has 3 aromatic rings. The molecule has 1 N–H and O–H groups in total. The molecule has 0 bridgehead atoms. The second-order valence-corrected chi connectivity index (χ2v) is 10.0. The summed E-state index contributed by atoms with van der Waals surface area (Å²) in [5.74, 6) is -0.351. The molecule has 2 heterocycles. The largest absolute Gasteiger partial charge is 0.497 e. The number of rotatable bonds is 6. The molecule has 0 radical (unpaired) electrons. The van der Waals surface area contributed by atoms with E-state index in [1.54, 1.807) is 12.1 Å². The number of hydrogen-bond acceptors (Lipinski definition) is 6. The molecule has 2 aliphatic heterocycles. The van der Waals surface area contributed by atoms with Gasteiger partial charge in [0.25, 0.3) is 5.91 Å². The van der Waals surface area contributed by atoms with Crippen molar-refractivity contribution in [3.63, 3.8) is 0 Å². The molecule has 0 aromatic heterocycles. The maximum atomic E-state index is 13.1. The van der Waals surface area contributed by atoms with Gasteiger partial charge < -0.3 is 10.1 Å². The molecule has 2 amide bonds. The van der Waals surface area contributed by atoms with Crippen molar-refractivity contribution in [1.82, 2.24) is 5.01 Å². The van der Waals surface area contributed by atoms with E-state index in [1.807, 2.05) is 55.5 Å². The van der Waals surface area contributed by atoms with Gasteiger partial charge in [-0.05, 0) is 54.4 Å². The predicted octanol–water partition coefficient (Wildman–Crippen LogP) is 5.32. The summed E-state index contributed by atoms with van der Waals surface area (Å²) >= 11 is 1.24. The topological polar surface area (TPSA) is 83.4 Å². The third-order valence-electron chi connectivity index (χ3n) is 6.22. The van der Waals surface area contributed by atoms with E-state index in [1.165, 1.54) is 36.0 Å². The fourth-order valence-corrected chi connectivity index (χ4v) is 5.27. The molecule has 0 unspecified atom stereocenters. The van der Waals surface area contributed by atoms with Gasteiger partial charge in [0.1, 0.15) is 16.8 Å². The van der Waals surface area contributed by atoms with E-state index in [0.717, 1.165) is 28.2 Å². The van der Waals surface area contributed by atoms with Gasteiger partial charge in [0, 0.05) is 18.5 Å². The summed E-state index contributed by atoms with van der Waals surface area (Å²) in [4.78, 5) is 29.6. The summed E-state index contributed by atoms with van der Waals surface area (Å²) in [7, 11) is 1.62. The number of hydrogen-bond donors (Lipinski definition) is 1. The highest BCUT2D eigenvalue weighted by Gasteiger charge is 2.39. The molecular weight excluding hydrogens is 491 g/mol. The van der Waals surface area contributed by atoms with Crippen molar-refractivity contribution in [2.24, 2.45) is 10.1 Å². The van der Waals surface area contributed by atoms with Crippen molar-refractivity contribution in [2.45, 2.75) is 31.1 Å². The molecule has 5 rings (SSSR count). The molecule has 7 nitrogen and oxygen atoms in total.